The molecule has 1 unspecified atom stereocenters. The highest BCUT2D eigenvalue weighted by atomic mass is 31.2. The van der Waals surface area contributed by atoms with E-state index in [0.717, 1.165) is 0 Å². The molecule has 1 aromatic carbocycles. The third-order valence-electron chi connectivity index (χ3n) is 2.09. The number of hydrogen-bond acceptors (Lipinski definition) is 4. The Morgan fingerprint density at radius 1 is 1.00 bits per heavy atom. The molecule has 12 heteroatoms. The van der Waals surface area contributed by atoms with Gasteiger partial charge >= 0.3 is 19.3 Å². The molecule has 4 nitrogen and oxygen atoms in total. The number of nitrogens with zero attached hydrogens (tertiary/aromatic N) is 3. The lowest BCUT2D eigenvalue weighted by molar-refractivity contribution is -0.243. The van der Waals surface area contributed by atoms with E-state index >= 15 is 0 Å². The van der Waals surface area contributed by atoms with Crippen LogP contribution in [0.2, 0.25) is 0 Å². The lowest BCUT2D eigenvalue weighted by Gasteiger charge is -2.29. The van der Waals surface area contributed by atoms with Crippen LogP contribution in [0.15, 0.2) is 43.9 Å². The Morgan fingerprint density at radius 2 is 1.65 bits per heavy atom. The lowest BCUT2D eigenvalue weighted by atomic mass is 10.3. The summed E-state index contributed by atoms with van der Waals surface area (Å²) in [4.78, 5) is 0. The summed E-state index contributed by atoms with van der Waals surface area (Å²) in [7, 11) is -5.27. The predicted octanol–water partition coefficient (Wildman–Crippen LogP) is 6.35. The molecule has 0 spiro atoms. The van der Waals surface area contributed by atoms with Gasteiger partial charge in [0.1, 0.15) is 5.75 Å². The number of hydrogen-bond donors (Lipinski definition) is 0. The van der Waals surface area contributed by atoms with Crippen LogP contribution in [-0.4, -0.2) is 11.8 Å². The van der Waals surface area contributed by atoms with Crippen LogP contribution in [0.1, 0.15) is 0 Å². The van der Waals surface area contributed by atoms with Gasteiger partial charge < -0.3 is 4.52 Å². The van der Waals surface area contributed by atoms with Crippen molar-refractivity contribution < 1.29 is 26.5 Å². The van der Waals surface area contributed by atoms with Gasteiger partial charge in [-0.2, -0.15) is 35.5 Å². The first-order chi connectivity index (χ1) is 9.29. The van der Waals surface area contributed by atoms with Crippen molar-refractivity contribution in [3.8, 4) is 5.75 Å². The van der Waals surface area contributed by atoms with Gasteiger partial charge in [0.05, 0.1) is 0 Å². The standard InChI is InChI=1S/C8H5F5N3OP3/c9-7(10,11)8(12,13)20(15-18-14-19-16-20)17-6-4-2-1-3-5-6/h1-5H. The fourth-order valence-electron chi connectivity index (χ4n) is 1.18. The van der Waals surface area contributed by atoms with Gasteiger partial charge in [-0.25, -0.2) is 0 Å². The molecular weight excluding hydrogens is 342 g/mol. The highest BCUT2D eigenvalue weighted by Gasteiger charge is 2.70. The SMILES string of the molecule is FC(F)(F)C(F)(F)P1(Oc2ccccc2)=NP=NP=N1. The van der Waals surface area contributed by atoms with Gasteiger partial charge in [0.15, 0.2) is 17.0 Å². The molecule has 0 aliphatic carbocycles. The molecule has 0 radical (unpaired) electrons. The van der Waals surface area contributed by atoms with Crippen LogP contribution in [0.4, 0.5) is 22.0 Å². The Kier molecular flexibility index (Phi) is 4.24. The van der Waals surface area contributed by atoms with Gasteiger partial charge in [-0.3, -0.25) is 0 Å². The van der Waals surface area contributed by atoms with E-state index in [9.17, 15) is 22.0 Å². The number of halogens is 5. The molecule has 0 fully saturated rings. The Hall–Kier alpha value is -0.900. The Labute approximate surface area is 113 Å². The van der Waals surface area contributed by atoms with Crippen molar-refractivity contribution in [2.75, 3.05) is 0 Å². The largest absolute Gasteiger partial charge is 0.465 e. The van der Waals surface area contributed by atoms with Gasteiger partial charge in [0.25, 0.3) is 0 Å². The predicted molar refractivity (Wildman–Crippen MR) is 66.1 cm³/mol. The maximum atomic E-state index is 13.7. The molecule has 0 bridgehead atoms. The molecule has 1 aliphatic heterocycles. The monoisotopic (exact) mass is 347 g/mol. The van der Waals surface area contributed by atoms with E-state index in [1.807, 2.05) is 0 Å². The second-order valence-corrected chi connectivity index (χ2v) is 7.77. The molecule has 20 heavy (non-hydrogen) atoms. The summed E-state index contributed by atoms with van der Waals surface area (Å²) in [5.74, 6) is -0.149. The van der Waals surface area contributed by atoms with E-state index in [1.165, 1.54) is 24.3 Å². The zero-order valence-corrected chi connectivity index (χ0v) is 12.1. The van der Waals surface area contributed by atoms with E-state index in [4.69, 9.17) is 4.52 Å². The Balaban J connectivity index is 2.52. The highest BCUT2D eigenvalue weighted by Crippen LogP contribution is 2.72. The average molecular weight is 347 g/mol. The van der Waals surface area contributed by atoms with Crippen LogP contribution in [-0.2, 0) is 0 Å². The van der Waals surface area contributed by atoms with Crippen molar-refractivity contribution >= 4 is 24.5 Å². The van der Waals surface area contributed by atoms with Gasteiger partial charge in [0.2, 0.25) is 0 Å². The molecule has 0 saturated heterocycles. The highest BCUT2D eigenvalue weighted by molar-refractivity contribution is 7.70. The normalized spacial score (nSPS) is 24.1. The first kappa shape index (κ1) is 15.5. The van der Waals surface area contributed by atoms with Crippen LogP contribution in [0, 0.1) is 0 Å². The summed E-state index contributed by atoms with van der Waals surface area (Å²) in [6.45, 7) is 0. The van der Waals surface area contributed by atoms with Crippen molar-refractivity contribution in [1.82, 2.24) is 0 Å². The van der Waals surface area contributed by atoms with Gasteiger partial charge in [-0.05, 0) is 12.1 Å². The van der Waals surface area contributed by atoms with Crippen LogP contribution in [0.25, 0.3) is 0 Å². The van der Waals surface area contributed by atoms with Crippen molar-refractivity contribution in [2.45, 2.75) is 11.8 Å². The number of benzene rings is 1. The summed E-state index contributed by atoms with van der Waals surface area (Å²) >= 11 is 0. The lowest BCUT2D eigenvalue weighted by Crippen LogP contribution is -2.37. The molecule has 2 rings (SSSR count). The minimum Gasteiger partial charge on any atom is -0.437 e. The molecule has 108 valence electrons. The zero-order chi connectivity index (χ0) is 14.9. The van der Waals surface area contributed by atoms with E-state index in [0.29, 0.717) is 0 Å². The minimum atomic E-state index is -5.80. The second-order valence-electron chi connectivity index (χ2n) is 3.43. The maximum absolute atomic E-state index is 13.7. The fourth-order valence-corrected chi connectivity index (χ4v) is 5.64. The molecule has 0 saturated carbocycles. The Morgan fingerprint density at radius 3 is 2.15 bits per heavy atom. The number of alkyl halides is 5. The number of para-hydroxylation sites is 1. The van der Waals surface area contributed by atoms with Crippen LogP contribution < -0.4 is 4.52 Å². The van der Waals surface area contributed by atoms with Crippen molar-refractivity contribution in [1.29, 1.82) is 0 Å². The summed E-state index contributed by atoms with van der Waals surface area (Å²) in [6.07, 6.45) is -5.80. The second kappa shape index (κ2) is 5.47. The quantitative estimate of drug-likeness (QED) is 0.464. The summed E-state index contributed by atoms with van der Waals surface area (Å²) < 4.78 is 80.1. The smallest absolute Gasteiger partial charge is 0.437 e. The van der Waals surface area contributed by atoms with E-state index < -0.39 is 19.3 Å². The third kappa shape index (κ3) is 2.76. The molecule has 1 atom stereocenters. The average Bonchev–Trinajstić information content (AvgIpc) is 2.39. The van der Waals surface area contributed by atoms with Gasteiger partial charge in [0, 0.05) is 0 Å². The van der Waals surface area contributed by atoms with Crippen LogP contribution in [0.5, 0.6) is 5.75 Å². The topological polar surface area (TPSA) is 46.3 Å². The fraction of sp³-hybridized carbons (Fsp3) is 0.250. The van der Waals surface area contributed by atoms with Crippen molar-refractivity contribution in [2.24, 2.45) is 13.5 Å². The molecule has 1 heterocycles. The van der Waals surface area contributed by atoms with Gasteiger partial charge in [-0.15, -0.1) is 0 Å². The summed E-state index contributed by atoms with van der Waals surface area (Å²) in [6, 6.07) is 6.99. The first-order valence-electron chi connectivity index (χ1n) is 4.92. The molecular formula is C8H5F5N3OP3. The Bertz CT molecular complexity index is 601. The molecule has 0 N–H and O–H groups in total. The molecule has 1 aliphatic rings. The van der Waals surface area contributed by atoms with E-state index in [1.54, 1.807) is 6.07 Å². The molecule has 0 aromatic heterocycles. The van der Waals surface area contributed by atoms with E-state index in [2.05, 4.69) is 13.5 Å². The minimum absolute atomic E-state index is 0.149. The first-order valence-corrected chi connectivity index (χ1v) is 8.13. The summed E-state index contributed by atoms with van der Waals surface area (Å²) in [5, 5.41) is 0. The number of rotatable bonds is 3. The van der Waals surface area contributed by atoms with Crippen LogP contribution in [0.3, 0.4) is 0 Å². The summed E-state index contributed by atoms with van der Waals surface area (Å²) in [5.41, 5.74) is -5.16. The third-order valence-corrected chi connectivity index (χ3v) is 6.76. The van der Waals surface area contributed by atoms with Crippen molar-refractivity contribution in [3.05, 3.63) is 30.3 Å². The zero-order valence-electron chi connectivity index (χ0n) is 9.37. The van der Waals surface area contributed by atoms with Crippen LogP contribution >= 0.6 is 24.5 Å². The molecule has 0 amide bonds. The van der Waals surface area contributed by atoms with Crippen molar-refractivity contribution in [3.63, 3.8) is 0 Å². The van der Waals surface area contributed by atoms with E-state index in [-0.39, 0.29) is 22.8 Å². The maximum Gasteiger partial charge on any atom is 0.465 e. The van der Waals surface area contributed by atoms with Gasteiger partial charge in [-0.1, -0.05) is 18.2 Å². The molecule has 1 aromatic rings.